The number of nitrogens with zero attached hydrogens (tertiary/aromatic N) is 1. The molecule has 0 spiro atoms. The molecule has 0 heterocycles. The molecule has 0 aliphatic rings. The van der Waals surface area contributed by atoms with Crippen LogP contribution in [0.15, 0.2) is 29.3 Å². The third-order valence-corrected chi connectivity index (χ3v) is 1.29. The highest BCUT2D eigenvalue weighted by Crippen LogP contribution is 2.06. The molecule has 0 aromatic carbocycles. The van der Waals surface area contributed by atoms with Crippen molar-refractivity contribution in [2.45, 2.75) is 13.8 Å². The van der Waals surface area contributed by atoms with Gasteiger partial charge in [0.1, 0.15) is 0 Å². The standard InChI is InChI=1S/C9H15N/c1-8(2)9(3)6-5-7-10-4/h5-8H,3H2,1-2,4H3/b6-5-,10-7-. The van der Waals surface area contributed by atoms with E-state index in [1.54, 1.807) is 13.3 Å². The van der Waals surface area contributed by atoms with Crippen molar-refractivity contribution in [3.05, 3.63) is 24.3 Å². The van der Waals surface area contributed by atoms with Crippen LogP contribution in [0.1, 0.15) is 13.8 Å². The highest BCUT2D eigenvalue weighted by atomic mass is 14.6. The summed E-state index contributed by atoms with van der Waals surface area (Å²) in [5, 5.41) is 0. The van der Waals surface area contributed by atoms with Gasteiger partial charge in [0.05, 0.1) is 0 Å². The third kappa shape index (κ3) is 4.07. The Morgan fingerprint density at radius 2 is 2.10 bits per heavy atom. The van der Waals surface area contributed by atoms with Gasteiger partial charge in [-0.05, 0) is 12.0 Å². The van der Waals surface area contributed by atoms with Gasteiger partial charge in [0.15, 0.2) is 0 Å². The van der Waals surface area contributed by atoms with Gasteiger partial charge < -0.3 is 0 Å². The summed E-state index contributed by atoms with van der Waals surface area (Å²) in [4.78, 5) is 3.81. The summed E-state index contributed by atoms with van der Waals surface area (Å²) in [7, 11) is 1.75. The van der Waals surface area contributed by atoms with Gasteiger partial charge in [-0.3, -0.25) is 4.99 Å². The van der Waals surface area contributed by atoms with E-state index in [2.05, 4.69) is 25.4 Å². The maximum atomic E-state index is 3.88. The quantitative estimate of drug-likeness (QED) is 0.418. The second-order valence-corrected chi connectivity index (χ2v) is 2.50. The van der Waals surface area contributed by atoms with Crippen molar-refractivity contribution >= 4 is 6.21 Å². The maximum absolute atomic E-state index is 3.88. The monoisotopic (exact) mass is 137 g/mol. The SMILES string of the molecule is C=C(/C=C\C=N/C)C(C)C. The molecule has 0 aromatic heterocycles. The molecule has 0 N–H and O–H groups in total. The molecular formula is C9H15N. The van der Waals surface area contributed by atoms with Gasteiger partial charge in [-0.1, -0.05) is 32.1 Å². The van der Waals surface area contributed by atoms with E-state index < -0.39 is 0 Å². The fourth-order valence-corrected chi connectivity index (χ4v) is 0.445. The fourth-order valence-electron chi connectivity index (χ4n) is 0.445. The van der Waals surface area contributed by atoms with E-state index >= 15 is 0 Å². The predicted molar refractivity (Wildman–Crippen MR) is 47.5 cm³/mol. The van der Waals surface area contributed by atoms with E-state index in [1.165, 1.54) is 0 Å². The van der Waals surface area contributed by atoms with Gasteiger partial charge in [0, 0.05) is 13.3 Å². The zero-order valence-corrected chi connectivity index (χ0v) is 6.96. The molecule has 56 valence electrons. The molecule has 0 radical (unpaired) electrons. The van der Waals surface area contributed by atoms with Crippen LogP contribution in [-0.4, -0.2) is 13.3 Å². The number of aliphatic imine (C=N–C) groups is 1. The molecule has 1 nitrogen and oxygen atoms in total. The highest BCUT2D eigenvalue weighted by Gasteiger charge is 1.92. The van der Waals surface area contributed by atoms with E-state index in [0.29, 0.717) is 5.92 Å². The topological polar surface area (TPSA) is 12.4 Å². The highest BCUT2D eigenvalue weighted by molar-refractivity contribution is 5.71. The Morgan fingerprint density at radius 1 is 1.50 bits per heavy atom. The molecule has 0 aromatic rings. The summed E-state index contributed by atoms with van der Waals surface area (Å²) in [6.07, 6.45) is 5.65. The van der Waals surface area contributed by atoms with Crippen LogP contribution in [0.5, 0.6) is 0 Å². The van der Waals surface area contributed by atoms with Gasteiger partial charge in [-0.25, -0.2) is 0 Å². The molecule has 0 saturated heterocycles. The maximum Gasteiger partial charge on any atom is 0.0277 e. The van der Waals surface area contributed by atoms with Crippen molar-refractivity contribution in [3.63, 3.8) is 0 Å². The Kier molecular flexibility index (Phi) is 4.55. The van der Waals surface area contributed by atoms with Gasteiger partial charge in [-0.15, -0.1) is 0 Å². The number of allylic oxidation sites excluding steroid dienone is 3. The van der Waals surface area contributed by atoms with Crippen LogP contribution in [0.2, 0.25) is 0 Å². The zero-order valence-electron chi connectivity index (χ0n) is 6.96. The van der Waals surface area contributed by atoms with Gasteiger partial charge in [0.25, 0.3) is 0 Å². The van der Waals surface area contributed by atoms with Crippen molar-refractivity contribution in [2.24, 2.45) is 10.9 Å². The van der Waals surface area contributed by atoms with Gasteiger partial charge in [-0.2, -0.15) is 0 Å². The Morgan fingerprint density at radius 3 is 2.50 bits per heavy atom. The van der Waals surface area contributed by atoms with Crippen molar-refractivity contribution in [1.29, 1.82) is 0 Å². The summed E-state index contributed by atoms with van der Waals surface area (Å²) in [5.41, 5.74) is 1.14. The molecule has 0 amide bonds. The smallest absolute Gasteiger partial charge is 0.0277 e. The molecule has 0 unspecified atom stereocenters. The minimum absolute atomic E-state index is 0.529. The second-order valence-electron chi connectivity index (χ2n) is 2.50. The minimum atomic E-state index is 0.529. The summed E-state index contributed by atoms with van der Waals surface area (Å²) in [5.74, 6) is 0.529. The van der Waals surface area contributed by atoms with Crippen molar-refractivity contribution in [3.8, 4) is 0 Å². The molecule has 0 aliphatic carbocycles. The Labute approximate surface area is 63.2 Å². The van der Waals surface area contributed by atoms with E-state index in [1.807, 2.05) is 12.2 Å². The lowest BCUT2D eigenvalue weighted by molar-refractivity contribution is 0.795. The van der Waals surface area contributed by atoms with Crippen molar-refractivity contribution in [1.82, 2.24) is 0 Å². The largest absolute Gasteiger partial charge is 0.297 e. The molecule has 0 atom stereocenters. The van der Waals surface area contributed by atoms with Crippen LogP contribution in [0.25, 0.3) is 0 Å². The zero-order chi connectivity index (χ0) is 7.98. The first-order chi connectivity index (χ1) is 4.68. The van der Waals surface area contributed by atoms with Gasteiger partial charge >= 0.3 is 0 Å². The molecule has 0 bridgehead atoms. The van der Waals surface area contributed by atoms with Crippen LogP contribution in [0, 0.1) is 5.92 Å². The van der Waals surface area contributed by atoms with E-state index in [0.717, 1.165) is 5.57 Å². The first kappa shape index (κ1) is 9.15. The summed E-state index contributed by atoms with van der Waals surface area (Å²) < 4.78 is 0. The van der Waals surface area contributed by atoms with Crippen molar-refractivity contribution < 1.29 is 0 Å². The summed E-state index contributed by atoms with van der Waals surface area (Å²) >= 11 is 0. The second kappa shape index (κ2) is 4.98. The first-order valence-electron chi connectivity index (χ1n) is 3.46. The number of hydrogen-bond acceptors (Lipinski definition) is 1. The molecule has 0 aliphatic heterocycles. The molecule has 1 heteroatoms. The van der Waals surface area contributed by atoms with Crippen LogP contribution in [0.4, 0.5) is 0 Å². The summed E-state index contributed by atoms with van der Waals surface area (Å²) in [6.45, 7) is 8.12. The normalized spacial score (nSPS) is 12.0. The van der Waals surface area contributed by atoms with Crippen LogP contribution >= 0.6 is 0 Å². The van der Waals surface area contributed by atoms with Crippen LogP contribution in [0.3, 0.4) is 0 Å². The molecular weight excluding hydrogens is 122 g/mol. The average Bonchev–Trinajstić information content (AvgIpc) is 1.88. The lowest BCUT2D eigenvalue weighted by atomic mass is 10.1. The average molecular weight is 137 g/mol. The van der Waals surface area contributed by atoms with Crippen LogP contribution in [-0.2, 0) is 0 Å². The molecule has 10 heavy (non-hydrogen) atoms. The first-order valence-corrected chi connectivity index (χ1v) is 3.46. The lowest BCUT2D eigenvalue weighted by Gasteiger charge is -2.00. The van der Waals surface area contributed by atoms with Crippen LogP contribution < -0.4 is 0 Å². The molecule has 0 fully saturated rings. The van der Waals surface area contributed by atoms with E-state index in [-0.39, 0.29) is 0 Å². The van der Waals surface area contributed by atoms with E-state index in [9.17, 15) is 0 Å². The van der Waals surface area contributed by atoms with Crippen molar-refractivity contribution in [2.75, 3.05) is 7.05 Å². The molecule has 0 rings (SSSR count). The Balaban J connectivity index is 3.78. The van der Waals surface area contributed by atoms with E-state index in [4.69, 9.17) is 0 Å². The Bertz CT molecular complexity index is 152. The Hall–Kier alpha value is -0.850. The number of hydrogen-bond donors (Lipinski definition) is 0. The minimum Gasteiger partial charge on any atom is -0.297 e. The fraction of sp³-hybridized carbons (Fsp3) is 0.444. The number of rotatable bonds is 3. The molecule has 0 saturated carbocycles. The van der Waals surface area contributed by atoms with Gasteiger partial charge in [0.2, 0.25) is 0 Å². The lowest BCUT2D eigenvalue weighted by Crippen LogP contribution is -1.86. The third-order valence-electron chi connectivity index (χ3n) is 1.29. The summed E-state index contributed by atoms with van der Waals surface area (Å²) in [6, 6.07) is 0. The predicted octanol–water partition coefficient (Wildman–Crippen LogP) is 2.46.